The molecule has 6 rings (SSSR count). The molecule has 3 aromatic heterocycles. The Balaban J connectivity index is 1.41. The second-order valence-corrected chi connectivity index (χ2v) is 12.1. The fourth-order valence-corrected chi connectivity index (χ4v) is 5.64. The molecular formula is C34H34FN7O4. The Kier molecular flexibility index (Phi) is 8.46. The Hall–Kier alpha value is -5.23. The van der Waals surface area contributed by atoms with Gasteiger partial charge in [0.15, 0.2) is 5.65 Å². The number of carbonyl (C=O) groups excluding carboxylic acids is 2. The molecule has 1 aliphatic heterocycles. The quantitative estimate of drug-likeness (QED) is 0.261. The molecule has 0 radical (unpaired) electrons. The number of hydrogen-bond donors (Lipinski definition) is 1. The first-order chi connectivity index (χ1) is 22.1. The van der Waals surface area contributed by atoms with Gasteiger partial charge >= 0.3 is 6.09 Å². The summed E-state index contributed by atoms with van der Waals surface area (Å²) in [6.45, 7) is 5.97. The number of fused-ring (bicyclic) bond motifs is 2. The highest BCUT2D eigenvalue weighted by molar-refractivity contribution is 6.10. The molecule has 2 aromatic carbocycles. The van der Waals surface area contributed by atoms with E-state index in [2.05, 4.69) is 20.3 Å². The molecule has 0 saturated carbocycles. The maximum atomic E-state index is 15.9. The van der Waals surface area contributed by atoms with Crippen molar-refractivity contribution in [2.45, 2.75) is 45.3 Å². The molecule has 0 aliphatic carbocycles. The van der Waals surface area contributed by atoms with Gasteiger partial charge in [-0.3, -0.25) is 9.69 Å². The van der Waals surface area contributed by atoms with Crippen LogP contribution in [0.25, 0.3) is 33.7 Å². The van der Waals surface area contributed by atoms with Crippen LogP contribution in [0.3, 0.4) is 0 Å². The Labute approximate surface area is 264 Å². The van der Waals surface area contributed by atoms with Crippen LogP contribution >= 0.6 is 0 Å². The van der Waals surface area contributed by atoms with Crippen LogP contribution in [-0.4, -0.2) is 78.3 Å². The van der Waals surface area contributed by atoms with E-state index in [-0.39, 0.29) is 18.7 Å². The highest BCUT2D eigenvalue weighted by Gasteiger charge is 2.36. The minimum atomic E-state index is -0.747. The largest absolute Gasteiger partial charge is 0.444 e. The Morgan fingerprint density at radius 3 is 2.74 bits per heavy atom. The third kappa shape index (κ3) is 6.29. The van der Waals surface area contributed by atoms with Crippen molar-refractivity contribution >= 4 is 45.8 Å². The van der Waals surface area contributed by atoms with Gasteiger partial charge in [0.2, 0.25) is 0 Å². The van der Waals surface area contributed by atoms with Crippen molar-refractivity contribution in [2.24, 2.45) is 0 Å². The molecule has 4 heterocycles. The number of halogens is 1. The zero-order chi connectivity index (χ0) is 32.4. The first-order valence-corrected chi connectivity index (χ1v) is 15.1. The van der Waals surface area contributed by atoms with Gasteiger partial charge in [0, 0.05) is 36.9 Å². The normalized spacial score (nSPS) is 15.5. The lowest BCUT2D eigenvalue weighted by Crippen LogP contribution is -2.53. The van der Waals surface area contributed by atoms with Crippen molar-refractivity contribution in [3.8, 4) is 5.69 Å². The summed E-state index contributed by atoms with van der Waals surface area (Å²) < 4.78 is 23.0. The highest BCUT2D eigenvalue weighted by atomic mass is 19.1. The van der Waals surface area contributed by atoms with Crippen LogP contribution in [0, 0.1) is 5.82 Å². The van der Waals surface area contributed by atoms with Crippen molar-refractivity contribution < 1.29 is 23.8 Å². The van der Waals surface area contributed by atoms with E-state index in [9.17, 15) is 14.7 Å². The van der Waals surface area contributed by atoms with Crippen molar-refractivity contribution in [1.82, 2.24) is 29.9 Å². The highest BCUT2D eigenvalue weighted by Crippen LogP contribution is 2.32. The number of aliphatic hydroxyl groups excluding tert-OH is 1. The van der Waals surface area contributed by atoms with E-state index in [0.29, 0.717) is 47.4 Å². The molecule has 0 bridgehead atoms. The second-order valence-electron chi connectivity index (χ2n) is 12.1. The van der Waals surface area contributed by atoms with Crippen LogP contribution in [0.1, 0.15) is 49.5 Å². The number of pyridine rings is 2. The third-order valence-corrected chi connectivity index (χ3v) is 7.68. The summed E-state index contributed by atoms with van der Waals surface area (Å²) in [6.07, 6.45) is 7.35. The molecule has 1 saturated heterocycles. The molecular weight excluding hydrogens is 589 g/mol. The topological polar surface area (TPSA) is 127 Å². The van der Waals surface area contributed by atoms with E-state index >= 15 is 4.39 Å². The van der Waals surface area contributed by atoms with Crippen LogP contribution < -0.4 is 4.90 Å². The van der Waals surface area contributed by atoms with Crippen molar-refractivity contribution in [1.29, 1.82) is 0 Å². The number of likely N-dealkylation sites (tertiary alicyclic amines) is 1. The van der Waals surface area contributed by atoms with E-state index in [1.165, 1.54) is 21.7 Å². The summed E-state index contributed by atoms with van der Waals surface area (Å²) in [4.78, 5) is 39.6. The molecule has 1 N–H and O–H groups in total. The molecule has 12 heteroatoms. The molecule has 46 heavy (non-hydrogen) atoms. The maximum Gasteiger partial charge on any atom is 0.410 e. The van der Waals surface area contributed by atoms with Crippen molar-refractivity contribution in [3.63, 3.8) is 0 Å². The van der Waals surface area contributed by atoms with Gasteiger partial charge in [-0.15, -0.1) is 5.10 Å². The van der Waals surface area contributed by atoms with Crippen molar-refractivity contribution in [3.05, 3.63) is 90.0 Å². The molecule has 11 nitrogen and oxygen atoms in total. The van der Waals surface area contributed by atoms with E-state index in [0.717, 1.165) is 10.9 Å². The van der Waals surface area contributed by atoms with Gasteiger partial charge < -0.3 is 14.7 Å². The summed E-state index contributed by atoms with van der Waals surface area (Å²) in [5, 5.41) is 18.9. The molecule has 236 valence electrons. The van der Waals surface area contributed by atoms with Crippen molar-refractivity contribution in [2.75, 3.05) is 24.6 Å². The smallest absolute Gasteiger partial charge is 0.410 e. The van der Waals surface area contributed by atoms with Crippen LogP contribution in [0.4, 0.5) is 15.0 Å². The van der Waals surface area contributed by atoms with Gasteiger partial charge in [-0.25, -0.2) is 19.2 Å². The van der Waals surface area contributed by atoms with E-state index in [4.69, 9.17) is 4.74 Å². The lowest BCUT2D eigenvalue weighted by molar-refractivity contribution is 0.0196. The zero-order valence-corrected chi connectivity index (χ0v) is 25.8. The summed E-state index contributed by atoms with van der Waals surface area (Å²) >= 11 is 0. The van der Waals surface area contributed by atoms with Gasteiger partial charge in [0.25, 0.3) is 5.91 Å². The number of aromatic nitrogens is 5. The summed E-state index contributed by atoms with van der Waals surface area (Å²) in [5.74, 6) is -0.986. The lowest BCUT2D eigenvalue weighted by atomic mass is 10.0. The molecule has 1 aliphatic rings. The number of amides is 2. The monoisotopic (exact) mass is 623 g/mol. The average molecular weight is 624 g/mol. The Bertz CT molecular complexity index is 1950. The van der Waals surface area contributed by atoms with Gasteiger partial charge in [-0.05, 0) is 81.0 Å². The SMILES string of the molecule is CC(C)(C)OC(=O)N1CCC[C@@H](N(C(=O)c2ccc(-n3nnc4cccnc43)cc2F)c2nccc3cc(/C=C/CO)ccc23)C1. The van der Waals surface area contributed by atoms with E-state index in [1.807, 2.05) is 24.3 Å². The van der Waals surface area contributed by atoms with Gasteiger partial charge in [-0.1, -0.05) is 29.5 Å². The predicted molar refractivity (Wildman–Crippen MR) is 172 cm³/mol. The molecule has 2 amide bonds. The van der Waals surface area contributed by atoms with Crippen LogP contribution in [0.2, 0.25) is 0 Å². The third-order valence-electron chi connectivity index (χ3n) is 7.68. The van der Waals surface area contributed by atoms with Gasteiger partial charge in [0.05, 0.1) is 23.9 Å². The Morgan fingerprint density at radius 1 is 1.11 bits per heavy atom. The lowest BCUT2D eigenvalue weighted by Gasteiger charge is -2.39. The number of anilines is 1. The van der Waals surface area contributed by atoms with Gasteiger partial charge in [0.1, 0.15) is 22.8 Å². The number of rotatable bonds is 6. The summed E-state index contributed by atoms with van der Waals surface area (Å²) in [5.41, 5.74) is 1.40. The predicted octanol–water partition coefficient (Wildman–Crippen LogP) is 5.55. The summed E-state index contributed by atoms with van der Waals surface area (Å²) in [6, 6.07) is 14.7. The fourth-order valence-electron chi connectivity index (χ4n) is 5.64. The Morgan fingerprint density at radius 2 is 1.96 bits per heavy atom. The molecule has 1 atom stereocenters. The van der Waals surface area contributed by atoms with E-state index in [1.54, 1.807) is 68.4 Å². The standard InChI is InChI=1S/C34H34FN7O4/c1-34(2,3)46-33(45)40-17-5-8-25(21-40)41(30-26-12-10-22(7-6-18-43)19-23(26)14-16-37-30)32(44)27-13-11-24(20-28(27)35)42-31-29(38-39-42)9-4-15-36-31/h4,6-7,9-16,19-20,25,43H,5,8,17-18,21H2,1-3H3/b7-6+/t25-/m1/s1. The first-order valence-electron chi connectivity index (χ1n) is 15.1. The van der Waals surface area contributed by atoms with Gasteiger partial charge in [-0.2, -0.15) is 4.68 Å². The number of aliphatic hydroxyl groups is 1. The maximum absolute atomic E-state index is 15.9. The van der Waals surface area contributed by atoms with Crippen LogP contribution in [-0.2, 0) is 4.74 Å². The summed E-state index contributed by atoms with van der Waals surface area (Å²) in [7, 11) is 0. The number of nitrogens with zero attached hydrogens (tertiary/aromatic N) is 7. The number of ether oxygens (including phenoxy) is 1. The fraction of sp³-hybridized carbons (Fsp3) is 0.294. The van der Waals surface area contributed by atoms with Crippen LogP contribution in [0.5, 0.6) is 0 Å². The molecule has 0 unspecified atom stereocenters. The number of carbonyl (C=O) groups is 2. The molecule has 0 spiro atoms. The average Bonchev–Trinajstić information content (AvgIpc) is 3.47. The molecule has 1 fully saturated rings. The van der Waals surface area contributed by atoms with Crippen LogP contribution in [0.15, 0.2) is 73.1 Å². The number of benzene rings is 2. The minimum Gasteiger partial charge on any atom is -0.444 e. The molecule has 5 aromatic rings. The second kappa shape index (κ2) is 12.6. The first kappa shape index (κ1) is 30.8. The minimum absolute atomic E-state index is 0.0915. The number of hydrogen-bond acceptors (Lipinski definition) is 8. The zero-order valence-electron chi connectivity index (χ0n) is 25.8. The van der Waals surface area contributed by atoms with E-state index < -0.39 is 29.5 Å². The number of piperidine rings is 1.